The minimum atomic E-state index is -0.226. The summed E-state index contributed by atoms with van der Waals surface area (Å²) < 4.78 is 0. The van der Waals surface area contributed by atoms with Crippen molar-refractivity contribution in [1.82, 2.24) is 10.6 Å². The Balaban J connectivity index is 2.58. The maximum atomic E-state index is 11.7. The molecule has 0 saturated carbocycles. The summed E-state index contributed by atoms with van der Waals surface area (Å²) in [6.07, 6.45) is 0. The highest BCUT2D eigenvalue weighted by Crippen LogP contribution is 2.25. The molecule has 1 aromatic carbocycles. The fourth-order valence-corrected chi connectivity index (χ4v) is 2.13. The molecule has 0 aromatic heterocycles. The lowest BCUT2D eigenvalue weighted by molar-refractivity contribution is -0.121. The van der Waals surface area contributed by atoms with Crippen molar-refractivity contribution in [2.75, 3.05) is 6.54 Å². The second kappa shape index (κ2) is 6.60. The number of hydrogen-bond acceptors (Lipinski definition) is 2. The second-order valence-electron chi connectivity index (χ2n) is 5.57. The summed E-state index contributed by atoms with van der Waals surface area (Å²) in [6, 6.07) is 5.26. The topological polar surface area (TPSA) is 41.1 Å². The Kier molecular flexibility index (Phi) is 5.65. The van der Waals surface area contributed by atoms with Crippen molar-refractivity contribution in [3.05, 3.63) is 33.8 Å². The van der Waals surface area contributed by atoms with Gasteiger partial charge in [0.05, 0.1) is 6.54 Å². The van der Waals surface area contributed by atoms with E-state index in [-0.39, 0.29) is 24.0 Å². The van der Waals surface area contributed by atoms with E-state index >= 15 is 0 Å². The van der Waals surface area contributed by atoms with Crippen LogP contribution in [0.4, 0.5) is 0 Å². The molecule has 0 aliphatic carbocycles. The summed E-state index contributed by atoms with van der Waals surface area (Å²) in [6.45, 7) is 8.02. The SMILES string of the molecule is CC(NCC(=O)NC(C)(C)C)c1cc(Cl)ccc1Cl. The van der Waals surface area contributed by atoms with Crippen molar-refractivity contribution < 1.29 is 4.79 Å². The third-order valence-electron chi connectivity index (χ3n) is 2.51. The lowest BCUT2D eigenvalue weighted by Gasteiger charge is -2.22. The van der Waals surface area contributed by atoms with Gasteiger partial charge in [-0.1, -0.05) is 23.2 Å². The van der Waals surface area contributed by atoms with Gasteiger partial charge >= 0.3 is 0 Å². The number of amides is 1. The monoisotopic (exact) mass is 302 g/mol. The molecule has 106 valence electrons. The van der Waals surface area contributed by atoms with E-state index in [1.807, 2.05) is 33.8 Å². The van der Waals surface area contributed by atoms with Crippen molar-refractivity contribution in [2.24, 2.45) is 0 Å². The predicted molar refractivity (Wildman–Crippen MR) is 80.8 cm³/mol. The zero-order valence-electron chi connectivity index (χ0n) is 11.7. The van der Waals surface area contributed by atoms with Crippen molar-refractivity contribution in [3.63, 3.8) is 0 Å². The Morgan fingerprint density at radius 2 is 1.95 bits per heavy atom. The molecule has 1 unspecified atom stereocenters. The normalized spacial score (nSPS) is 13.2. The Labute approximate surface area is 124 Å². The Hall–Kier alpha value is -0.770. The summed E-state index contributed by atoms with van der Waals surface area (Å²) in [5.74, 6) is -0.0440. The van der Waals surface area contributed by atoms with Crippen molar-refractivity contribution in [1.29, 1.82) is 0 Å². The van der Waals surface area contributed by atoms with Crippen LogP contribution in [-0.2, 0) is 4.79 Å². The van der Waals surface area contributed by atoms with Crippen LogP contribution in [0.2, 0.25) is 10.0 Å². The van der Waals surface area contributed by atoms with Crippen molar-refractivity contribution >= 4 is 29.1 Å². The van der Waals surface area contributed by atoms with Crippen LogP contribution < -0.4 is 10.6 Å². The summed E-state index contributed by atoms with van der Waals surface area (Å²) in [5.41, 5.74) is 0.660. The van der Waals surface area contributed by atoms with Crippen molar-refractivity contribution in [3.8, 4) is 0 Å². The van der Waals surface area contributed by atoms with Gasteiger partial charge in [-0.2, -0.15) is 0 Å². The highest BCUT2D eigenvalue weighted by atomic mass is 35.5. The van der Waals surface area contributed by atoms with Crippen LogP contribution in [0.5, 0.6) is 0 Å². The van der Waals surface area contributed by atoms with E-state index in [2.05, 4.69) is 10.6 Å². The number of hydrogen-bond donors (Lipinski definition) is 2. The molecule has 0 radical (unpaired) electrons. The van der Waals surface area contributed by atoms with Crippen LogP contribution in [0.25, 0.3) is 0 Å². The summed E-state index contributed by atoms with van der Waals surface area (Å²) in [4.78, 5) is 11.7. The molecule has 5 heteroatoms. The molecule has 1 atom stereocenters. The molecule has 1 rings (SSSR count). The van der Waals surface area contributed by atoms with Crippen LogP contribution in [0.1, 0.15) is 39.3 Å². The molecule has 0 bridgehead atoms. The maximum Gasteiger partial charge on any atom is 0.234 e. The van der Waals surface area contributed by atoms with E-state index in [4.69, 9.17) is 23.2 Å². The molecule has 0 aliphatic rings. The molecule has 0 saturated heterocycles. The minimum absolute atomic E-state index is 0.0440. The van der Waals surface area contributed by atoms with Gasteiger partial charge in [-0.3, -0.25) is 4.79 Å². The maximum absolute atomic E-state index is 11.7. The Morgan fingerprint density at radius 1 is 1.32 bits per heavy atom. The fraction of sp³-hybridized carbons (Fsp3) is 0.500. The minimum Gasteiger partial charge on any atom is -0.350 e. The molecular weight excluding hydrogens is 283 g/mol. The van der Waals surface area contributed by atoms with Crippen LogP contribution in [-0.4, -0.2) is 18.0 Å². The van der Waals surface area contributed by atoms with E-state index in [0.717, 1.165) is 5.56 Å². The van der Waals surface area contributed by atoms with Gasteiger partial charge in [0.25, 0.3) is 0 Å². The molecule has 0 spiro atoms. The first-order valence-electron chi connectivity index (χ1n) is 6.18. The molecule has 0 heterocycles. The van der Waals surface area contributed by atoms with Crippen LogP contribution in [0.15, 0.2) is 18.2 Å². The number of rotatable bonds is 4. The van der Waals surface area contributed by atoms with Gasteiger partial charge in [0.1, 0.15) is 0 Å². The third kappa shape index (κ3) is 5.81. The third-order valence-corrected chi connectivity index (χ3v) is 3.09. The van der Waals surface area contributed by atoms with Gasteiger partial charge in [-0.25, -0.2) is 0 Å². The zero-order chi connectivity index (χ0) is 14.6. The molecule has 0 aliphatic heterocycles. The van der Waals surface area contributed by atoms with Gasteiger partial charge in [-0.15, -0.1) is 0 Å². The van der Waals surface area contributed by atoms with E-state index in [1.165, 1.54) is 0 Å². The Bertz CT molecular complexity index is 455. The van der Waals surface area contributed by atoms with Crippen LogP contribution in [0, 0.1) is 0 Å². The number of carbonyl (C=O) groups excluding carboxylic acids is 1. The van der Waals surface area contributed by atoms with E-state index in [1.54, 1.807) is 12.1 Å². The van der Waals surface area contributed by atoms with Gasteiger partial charge in [0.2, 0.25) is 5.91 Å². The average Bonchev–Trinajstić information content (AvgIpc) is 2.27. The van der Waals surface area contributed by atoms with Gasteiger partial charge in [-0.05, 0) is 51.5 Å². The lowest BCUT2D eigenvalue weighted by Crippen LogP contribution is -2.45. The van der Waals surface area contributed by atoms with Crippen molar-refractivity contribution in [2.45, 2.75) is 39.3 Å². The lowest BCUT2D eigenvalue weighted by atomic mass is 10.1. The summed E-state index contributed by atoms with van der Waals surface area (Å²) >= 11 is 12.1. The molecule has 0 fully saturated rings. The first kappa shape index (κ1) is 16.3. The molecular formula is C14H20Cl2N2O. The molecule has 19 heavy (non-hydrogen) atoms. The highest BCUT2D eigenvalue weighted by Gasteiger charge is 2.15. The Morgan fingerprint density at radius 3 is 2.53 bits per heavy atom. The van der Waals surface area contributed by atoms with Gasteiger partial charge in [0.15, 0.2) is 0 Å². The molecule has 1 aromatic rings. The number of carbonyl (C=O) groups is 1. The van der Waals surface area contributed by atoms with Gasteiger partial charge in [0, 0.05) is 21.6 Å². The molecule has 1 amide bonds. The van der Waals surface area contributed by atoms with Gasteiger partial charge < -0.3 is 10.6 Å². The van der Waals surface area contributed by atoms with E-state index < -0.39 is 0 Å². The first-order chi connectivity index (χ1) is 8.69. The predicted octanol–water partition coefficient (Wildman–Crippen LogP) is 3.56. The quantitative estimate of drug-likeness (QED) is 0.893. The number of halogens is 2. The second-order valence-corrected chi connectivity index (χ2v) is 6.41. The fourth-order valence-electron chi connectivity index (χ4n) is 1.66. The zero-order valence-corrected chi connectivity index (χ0v) is 13.2. The van der Waals surface area contributed by atoms with E-state index in [0.29, 0.717) is 10.0 Å². The summed E-state index contributed by atoms with van der Waals surface area (Å²) in [7, 11) is 0. The van der Waals surface area contributed by atoms with Crippen LogP contribution >= 0.6 is 23.2 Å². The molecule has 2 N–H and O–H groups in total. The average molecular weight is 303 g/mol. The largest absolute Gasteiger partial charge is 0.350 e. The smallest absolute Gasteiger partial charge is 0.234 e. The molecule has 3 nitrogen and oxygen atoms in total. The highest BCUT2D eigenvalue weighted by molar-refractivity contribution is 6.33. The number of benzene rings is 1. The van der Waals surface area contributed by atoms with Crippen LogP contribution in [0.3, 0.4) is 0 Å². The standard InChI is InChI=1S/C14H20Cl2N2O/c1-9(11-7-10(15)5-6-12(11)16)17-8-13(19)18-14(2,3)4/h5-7,9,17H,8H2,1-4H3,(H,18,19). The number of nitrogens with one attached hydrogen (secondary N) is 2. The first-order valence-corrected chi connectivity index (χ1v) is 6.94. The van der Waals surface area contributed by atoms with E-state index in [9.17, 15) is 4.79 Å². The summed E-state index contributed by atoms with van der Waals surface area (Å²) in [5, 5.41) is 7.30.